The third-order valence-corrected chi connectivity index (χ3v) is 4.83. The van der Waals surface area contributed by atoms with Gasteiger partial charge in [-0.2, -0.15) is 13.2 Å². The van der Waals surface area contributed by atoms with E-state index in [9.17, 15) is 22.8 Å². The summed E-state index contributed by atoms with van der Waals surface area (Å²) in [6.07, 6.45) is -4.64. The van der Waals surface area contributed by atoms with Gasteiger partial charge in [-0.15, -0.1) is 0 Å². The molecule has 0 radical (unpaired) electrons. The molecule has 0 spiro atoms. The van der Waals surface area contributed by atoms with Gasteiger partial charge in [0.25, 0.3) is 0 Å². The van der Waals surface area contributed by atoms with Crippen molar-refractivity contribution < 1.29 is 37.0 Å². The molecule has 0 unspecified atom stereocenters. The smallest absolute Gasteiger partial charge is 0.418 e. The van der Waals surface area contributed by atoms with Gasteiger partial charge in [0.1, 0.15) is 24.1 Å². The number of halogens is 3. The zero-order valence-corrected chi connectivity index (χ0v) is 16.9. The first kappa shape index (κ1) is 22.4. The number of carbonyl (C=O) groups excluding carboxylic acids is 2. The molecule has 3 rings (SSSR count). The van der Waals surface area contributed by atoms with Crippen LogP contribution >= 0.6 is 0 Å². The van der Waals surface area contributed by atoms with E-state index < -0.39 is 29.6 Å². The van der Waals surface area contributed by atoms with Gasteiger partial charge in [0.2, 0.25) is 11.8 Å². The number of rotatable bonds is 6. The quantitative estimate of drug-likeness (QED) is 0.750. The number of nitrogens with zero attached hydrogens (tertiary/aromatic N) is 1. The van der Waals surface area contributed by atoms with E-state index in [0.717, 1.165) is 12.1 Å². The standard InChI is InChI=1S/C21H21F3N2O5/c1-29-14-8-7-13(18(9-14)30-2)10-26-17(11-31-12-19(26)27)20(28)25-16-6-4-3-5-15(16)21(22,23)24/h3-9,17H,10-12H2,1-2H3,(H,25,28)/t17-/m0/s1. The van der Waals surface area contributed by atoms with Crippen molar-refractivity contribution in [2.24, 2.45) is 0 Å². The Hall–Kier alpha value is -3.27. The van der Waals surface area contributed by atoms with Crippen molar-refractivity contribution >= 4 is 17.5 Å². The third-order valence-electron chi connectivity index (χ3n) is 4.83. The first-order chi connectivity index (χ1) is 14.7. The lowest BCUT2D eigenvalue weighted by molar-refractivity contribution is -0.154. The molecular formula is C21H21F3N2O5. The molecule has 2 aromatic carbocycles. The van der Waals surface area contributed by atoms with E-state index in [0.29, 0.717) is 17.1 Å². The Kier molecular flexibility index (Phi) is 6.69. The summed E-state index contributed by atoms with van der Waals surface area (Å²) in [5.74, 6) is -0.252. The molecule has 0 aliphatic carbocycles. The van der Waals surface area contributed by atoms with Crippen LogP contribution in [0.4, 0.5) is 18.9 Å². The molecule has 1 atom stereocenters. The highest BCUT2D eigenvalue weighted by Crippen LogP contribution is 2.35. The zero-order valence-electron chi connectivity index (χ0n) is 16.9. The van der Waals surface area contributed by atoms with E-state index >= 15 is 0 Å². The fourth-order valence-corrected chi connectivity index (χ4v) is 3.24. The lowest BCUT2D eigenvalue weighted by atomic mass is 10.1. The van der Waals surface area contributed by atoms with Crippen molar-refractivity contribution in [2.45, 2.75) is 18.8 Å². The molecule has 0 bridgehead atoms. The number of morpholine rings is 1. The van der Waals surface area contributed by atoms with Crippen molar-refractivity contribution in [1.29, 1.82) is 0 Å². The molecule has 1 fully saturated rings. The fourth-order valence-electron chi connectivity index (χ4n) is 3.24. The van der Waals surface area contributed by atoms with Gasteiger partial charge in [0.05, 0.1) is 38.6 Å². The van der Waals surface area contributed by atoms with Crippen LogP contribution in [-0.2, 0) is 27.0 Å². The monoisotopic (exact) mass is 438 g/mol. The molecular weight excluding hydrogens is 417 g/mol. The van der Waals surface area contributed by atoms with Crippen LogP contribution in [-0.4, -0.2) is 50.2 Å². The highest BCUT2D eigenvalue weighted by atomic mass is 19.4. The van der Waals surface area contributed by atoms with E-state index in [-0.39, 0.29) is 25.4 Å². The molecule has 1 saturated heterocycles. The van der Waals surface area contributed by atoms with Gasteiger partial charge in [0.15, 0.2) is 0 Å². The average molecular weight is 438 g/mol. The predicted octanol–water partition coefficient (Wildman–Crippen LogP) is 3.09. The van der Waals surface area contributed by atoms with Gasteiger partial charge in [-0.05, 0) is 24.3 Å². The summed E-state index contributed by atoms with van der Waals surface area (Å²) >= 11 is 0. The second-order valence-corrected chi connectivity index (χ2v) is 6.76. The number of methoxy groups -OCH3 is 2. The molecule has 1 heterocycles. The molecule has 10 heteroatoms. The Balaban J connectivity index is 1.85. The molecule has 2 aromatic rings. The van der Waals surface area contributed by atoms with Gasteiger partial charge in [-0.1, -0.05) is 12.1 Å². The number of para-hydroxylation sites is 1. The number of alkyl halides is 3. The summed E-state index contributed by atoms with van der Waals surface area (Å²) in [4.78, 5) is 26.6. The first-order valence-corrected chi connectivity index (χ1v) is 9.29. The first-order valence-electron chi connectivity index (χ1n) is 9.29. The van der Waals surface area contributed by atoms with Crippen LogP contribution in [0.2, 0.25) is 0 Å². The maximum absolute atomic E-state index is 13.2. The van der Waals surface area contributed by atoms with Gasteiger partial charge < -0.3 is 24.4 Å². The van der Waals surface area contributed by atoms with Crippen LogP contribution in [0.1, 0.15) is 11.1 Å². The van der Waals surface area contributed by atoms with Crippen LogP contribution in [0, 0.1) is 0 Å². The van der Waals surface area contributed by atoms with Crippen LogP contribution < -0.4 is 14.8 Å². The Morgan fingerprint density at radius 2 is 1.94 bits per heavy atom. The summed E-state index contributed by atoms with van der Waals surface area (Å²) in [5, 5.41) is 2.29. The van der Waals surface area contributed by atoms with Gasteiger partial charge in [0, 0.05) is 11.6 Å². The number of hydrogen-bond donors (Lipinski definition) is 1. The predicted molar refractivity (Wildman–Crippen MR) is 105 cm³/mol. The Labute approximate surface area is 176 Å². The Morgan fingerprint density at radius 1 is 1.19 bits per heavy atom. The minimum atomic E-state index is -4.64. The zero-order chi connectivity index (χ0) is 22.6. The third kappa shape index (κ3) is 5.08. The lowest BCUT2D eigenvalue weighted by Crippen LogP contribution is -2.54. The number of hydrogen-bond acceptors (Lipinski definition) is 5. The highest BCUT2D eigenvalue weighted by molar-refractivity contribution is 5.98. The van der Waals surface area contributed by atoms with Crippen molar-refractivity contribution in [3.63, 3.8) is 0 Å². The van der Waals surface area contributed by atoms with Crippen LogP contribution in [0.3, 0.4) is 0 Å². The van der Waals surface area contributed by atoms with Crippen LogP contribution in [0.15, 0.2) is 42.5 Å². The Morgan fingerprint density at radius 3 is 2.61 bits per heavy atom. The number of anilines is 1. The summed E-state index contributed by atoms with van der Waals surface area (Å²) in [6.45, 7) is -0.375. The largest absolute Gasteiger partial charge is 0.497 e. The summed E-state index contributed by atoms with van der Waals surface area (Å²) < 4.78 is 55.4. The van der Waals surface area contributed by atoms with E-state index in [1.165, 1.54) is 31.3 Å². The molecule has 2 amide bonds. The second kappa shape index (κ2) is 9.25. The summed E-state index contributed by atoms with van der Waals surface area (Å²) in [5.41, 5.74) is -0.762. The molecule has 1 N–H and O–H groups in total. The maximum atomic E-state index is 13.2. The highest BCUT2D eigenvalue weighted by Gasteiger charge is 2.37. The number of carbonyl (C=O) groups is 2. The molecule has 7 nitrogen and oxygen atoms in total. The molecule has 0 saturated carbocycles. The molecule has 31 heavy (non-hydrogen) atoms. The lowest BCUT2D eigenvalue weighted by Gasteiger charge is -2.35. The van der Waals surface area contributed by atoms with E-state index in [1.54, 1.807) is 18.2 Å². The van der Waals surface area contributed by atoms with Crippen LogP contribution in [0.25, 0.3) is 0 Å². The van der Waals surface area contributed by atoms with Crippen molar-refractivity contribution in [1.82, 2.24) is 4.90 Å². The number of amides is 2. The molecule has 1 aliphatic heterocycles. The number of nitrogens with one attached hydrogen (secondary N) is 1. The molecule has 0 aromatic heterocycles. The normalized spacial score (nSPS) is 16.7. The van der Waals surface area contributed by atoms with E-state index in [2.05, 4.69) is 5.32 Å². The average Bonchev–Trinajstić information content (AvgIpc) is 2.74. The SMILES string of the molecule is COc1ccc(CN2C(=O)COC[C@H]2C(=O)Nc2ccccc2C(F)(F)F)c(OC)c1. The number of ether oxygens (including phenoxy) is 3. The van der Waals surface area contributed by atoms with E-state index in [4.69, 9.17) is 14.2 Å². The molecule has 1 aliphatic rings. The van der Waals surface area contributed by atoms with Crippen molar-refractivity contribution in [3.8, 4) is 11.5 Å². The van der Waals surface area contributed by atoms with Crippen molar-refractivity contribution in [3.05, 3.63) is 53.6 Å². The number of benzene rings is 2. The fraction of sp³-hybridized carbons (Fsp3) is 0.333. The van der Waals surface area contributed by atoms with Crippen molar-refractivity contribution in [2.75, 3.05) is 32.8 Å². The maximum Gasteiger partial charge on any atom is 0.418 e. The molecule has 166 valence electrons. The topological polar surface area (TPSA) is 77.1 Å². The van der Waals surface area contributed by atoms with Gasteiger partial charge in [-0.25, -0.2) is 0 Å². The van der Waals surface area contributed by atoms with Crippen LogP contribution in [0.5, 0.6) is 11.5 Å². The second-order valence-electron chi connectivity index (χ2n) is 6.76. The van der Waals surface area contributed by atoms with Gasteiger partial charge >= 0.3 is 6.18 Å². The minimum absolute atomic E-state index is 0.00830. The summed E-state index contributed by atoms with van der Waals surface area (Å²) in [6, 6.07) is 8.53. The Bertz CT molecular complexity index is 964. The van der Waals surface area contributed by atoms with Gasteiger partial charge in [-0.3, -0.25) is 9.59 Å². The minimum Gasteiger partial charge on any atom is -0.497 e. The summed E-state index contributed by atoms with van der Waals surface area (Å²) in [7, 11) is 2.96. The van der Waals surface area contributed by atoms with E-state index in [1.807, 2.05) is 0 Å².